The molecule has 0 fully saturated rings. The Bertz CT molecular complexity index is 1600. The molecule has 0 bridgehead atoms. The van der Waals surface area contributed by atoms with E-state index in [-0.39, 0.29) is 50.6 Å². The van der Waals surface area contributed by atoms with Crippen molar-refractivity contribution in [2.45, 2.75) is 39.5 Å². The van der Waals surface area contributed by atoms with Crippen LogP contribution in [0.25, 0.3) is 27.8 Å². The van der Waals surface area contributed by atoms with E-state index in [1.807, 2.05) is 27.7 Å². The largest absolute Gasteiger partial charge is 0.496 e. The number of pyridine rings is 2. The van der Waals surface area contributed by atoms with Gasteiger partial charge in [-0.25, -0.2) is 19.3 Å². The first-order valence-corrected chi connectivity index (χ1v) is 12.0. The summed E-state index contributed by atoms with van der Waals surface area (Å²) in [5.41, 5.74) is -0.616. The molecule has 0 amide bonds. The van der Waals surface area contributed by atoms with Gasteiger partial charge in [-0.3, -0.25) is 19.5 Å². The summed E-state index contributed by atoms with van der Waals surface area (Å²) in [5, 5.41) is 11.4. The Kier molecular flexibility index (Phi) is 7.16. The minimum absolute atomic E-state index is 0.00495. The van der Waals surface area contributed by atoms with Gasteiger partial charge in [-0.15, -0.1) is 0 Å². The van der Waals surface area contributed by atoms with Crippen molar-refractivity contribution in [3.8, 4) is 22.6 Å². The van der Waals surface area contributed by atoms with Crippen molar-refractivity contribution in [3.63, 3.8) is 0 Å². The molecule has 0 aliphatic carbocycles. The van der Waals surface area contributed by atoms with Crippen LogP contribution in [0.4, 0.5) is 10.1 Å². The van der Waals surface area contributed by atoms with Crippen LogP contribution in [0.3, 0.4) is 0 Å². The van der Waals surface area contributed by atoms with E-state index in [0.29, 0.717) is 11.4 Å². The van der Waals surface area contributed by atoms with E-state index in [0.717, 1.165) is 4.57 Å². The first-order valence-electron chi connectivity index (χ1n) is 11.3. The van der Waals surface area contributed by atoms with Crippen LogP contribution >= 0.6 is 23.2 Å². The number of halogens is 3. The van der Waals surface area contributed by atoms with Gasteiger partial charge in [0.1, 0.15) is 28.1 Å². The van der Waals surface area contributed by atoms with Gasteiger partial charge in [0.2, 0.25) is 0 Å². The van der Waals surface area contributed by atoms with E-state index in [4.69, 9.17) is 27.9 Å². The Morgan fingerprint density at radius 3 is 2.27 bits per heavy atom. The van der Waals surface area contributed by atoms with Gasteiger partial charge in [0.05, 0.1) is 34.7 Å². The van der Waals surface area contributed by atoms with E-state index < -0.39 is 27.0 Å². The smallest absolute Gasteiger partial charge is 0.353 e. The Morgan fingerprint density at radius 1 is 1.11 bits per heavy atom. The third-order valence-corrected chi connectivity index (χ3v) is 6.53. The number of fused-ring (bicyclic) bond motifs is 1. The molecule has 3 heterocycles. The zero-order valence-corrected chi connectivity index (χ0v) is 22.1. The lowest BCUT2D eigenvalue weighted by Gasteiger charge is -2.21. The number of ether oxygens (including phenoxy) is 1. The molecule has 0 N–H and O–H groups in total. The van der Waals surface area contributed by atoms with E-state index in [9.17, 15) is 19.3 Å². The van der Waals surface area contributed by atoms with E-state index in [1.165, 1.54) is 37.7 Å². The fourth-order valence-corrected chi connectivity index (χ4v) is 4.71. The molecule has 12 heteroatoms. The normalized spacial score (nSPS) is 11.5. The highest BCUT2D eigenvalue weighted by Crippen LogP contribution is 2.41. The monoisotopic (exact) mass is 545 g/mol. The standard InChI is InChI=1S/C25H22Cl2FN5O4/c1-11(2)19-22(20(12(3)4)30-10-29-19)32-24-14(18(26)21(25(32)34)33(35)36)9-13(23(27)31-24)17-15(28)7-6-8-16(17)37-5/h6-12H,1-5H3. The summed E-state index contributed by atoms with van der Waals surface area (Å²) >= 11 is 13.0. The number of hydrogen-bond donors (Lipinski definition) is 0. The topological polar surface area (TPSA) is 113 Å². The number of hydrogen-bond acceptors (Lipinski definition) is 7. The average molecular weight is 546 g/mol. The molecular formula is C25H22Cl2FN5O4. The molecule has 192 valence electrons. The SMILES string of the molecule is COc1cccc(F)c1-c1cc2c(Cl)c([N+](=O)[O-])c(=O)n(-c3c(C(C)C)ncnc3C(C)C)c2nc1Cl. The van der Waals surface area contributed by atoms with Crippen molar-refractivity contribution in [2.75, 3.05) is 7.11 Å². The number of benzene rings is 1. The van der Waals surface area contributed by atoms with Crippen LogP contribution < -0.4 is 10.3 Å². The van der Waals surface area contributed by atoms with Crippen molar-refractivity contribution in [1.29, 1.82) is 0 Å². The zero-order chi connectivity index (χ0) is 27.2. The van der Waals surface area contributed by atoms with Crippen molar-refractivity contribution >= 4 is 39.9 Å². The van der Waals surface area contributed by atoms with Gasteiger partial charge < -0.3 is 4.74 Å². The fourth-order valence-electron chi connectivity index (χ4n) is 4.20. The Labute approximate surface area is 221 Å². The van der Waals surface area contributed by atoms with E-state index in [1.54, 1.807) is 0 Å². The van der Waals surface area contributed by atoms with Gasteiger partial charge in [0.15, 0.2) is 5.65 Å². The molecule has 4 aromatic rings. The lowest BCUT2D eigenvalue weighted by molar-refractivity contribution is -0.386. The molecule has 0 radical (unpaired) electrons. The van der Waals surface area contributed by atoms with Gasteiger partial charge in [0, 0.05) is 10.9 Å². The molecule has 3 aromatic heterocycles. The quantitative estimate of drug-likeness (QED) is 0.155. The summed E-state index contributed by atoms with van der Waals surface area (Å²) in [6.07, 6.45) is 1.38. The van der Waals surface area contributed by atoms with E-state index >= 15 is 0 Å². The molecule has 9 nitrogen and oxygen atoms in total. The van der Waals surface area contributed by atoms with Crippen LogP contribution in [-0.2, 0) is 0 Å². The summed E-state index contributed by atoms with van der Waals surface area (Å²) in [7, 11) is 1.37. The lowest BCUT2D eigenvalue weighted by atomic mass is 10.0. The fraction of sp³-hybridized carbons (Fsp3) is 0.280. The first-order chi connectivity index (χ1) is 17.5. The van der Waals surface area contributed by atoms with Crippen LogP contribution in [0.5, 0.6) is 5.75 Å². The minimum Gasteiger partial charge on any atom is -0.496 e. The van der Waals surface area contributed by atoms with Gasteiger partial charge >= 0.3 is 11.2 Å². The molecular weight excluding hydrogens is 524 g/mol. The molecule has 0 aliphatic heterocycles. The summed E-state index contributed by atoms with van der Waals surface area (Å²) < 4.78 is 21.3. The first kappa shape index (κ1) is 26.4. The number of methoxy groups -OCH3 is 1. The maximum atomic E-state index is 14.9. The highest BCUT2D eigenvalue weighted by atomic mass is 35.5. The molecule has 37 heavy (non-hydrogen) atoms. The number of nitro groups is 1. The molecule has 0 saturated heterocycles. The highest BCUT2D eigenvalue weighted by molar-refractivity contribution is 6.38. The van der Waals surface area contributed by atoms with Gasteiger partial charge in [-0.1, -0.05) is 57.0 Å². The van der Waals surface area contributed by atoms with Crippen molar-refractivity contribution < 1.29 is 14.1 Å². The molecule has 0 unspecified atom stereocenters. The Hall–Kier alpha value is -3.63. The van der Waals surface area contributed by atoms with Crippen molar-refractivity contribution in [2.24, 2.45) is 0 Å². The summed E-state index contributed by atoms with van der Waals surface area (Å²) in [6, 6.07) is 5.58. The lowest BCUT2D eigenvalue weighted by Crippen LogP contribution is -2.26. The second-order valence-electron chi connectivity index (χ2n) is 8.88. The van der Waals surface area contributed by atoms with Gasteiger partial charge in [-0.2, -0.15) is 0 Å². The molecule has 4 rings (SSSR count). The van der Waals surface area contributed by atoms with Crippen LogP contribution in [0.1, 0.15) is 50.9 Å². The highest BCUT2D eigenvalue weighted by Gasteiger charge is 2.31. The van der Waals surface area contributed by atoms with Crippen LogP contribution in [0, 0.1) is 15.9 Å². The number of rotatable bonds is 6. The zero-order valence-electron chi connectivity index (χ0n) is 20.5. The maximum Gasteiger partial charge on any atom is 0.353 e. The molecule has 0 aliphatic rings. The number of aromatic nitrogens is 4. The minimum atomic E-state index is -1.01. The maximum absolute atomic E-state index is 14.9. The molecule has 0 spiro atoms. The second kappa shape index (κ2) is 10.0. The van der Waals surface area contributed by atoms with Crippen molar-refractivity contribution in [1.82, 2.24) is 19.5 Å². The van der Waals surface area contributed by atoms with Crippen molar-refractivity contribution in [3.05, 3.63) is 78.4 Å². The summed E-state index contributed by atoms with van der Waals surface area (Å²) in [6.45, 7) is 7.49. The molecule has 1 aromatic carbocycles. The third kappa shape index (κ3) is 4.40. The predicted molar refractivity (Wildman–Crippen MR) is 140 cm³/mol. The van der Waals surface area contributed by atoms with Crippen LogP contribution in [0.2, 0.25) is 10.2 Å². The van der Waals surface area contributed by atoms with Crippen LogP contribution in [-0.4, -0.2) is 31.6 Å². The summed E-state index contributed by atoms with van der Waals surface area (Å²) in [4.78, 5) is 38.0. The number of nitrogens with zero attached hydrogens (tertiary/aromatic N) is 5. The van der Waals surface area contributed by atoms with Gasteiger partial charge in [0.25, 0.3) is 0 Å². The third-order valence-electron chi connectivity index (χ3n) is 5.86. The summed E-state index contributed by atoms with van der Waals surface area (Å²) in [5.74, 6) is -0.834. The Morgan fingerprint density at radius 2 is 1.73 bits per heavy atom. The van der Waals surface area contributed by atoms with E-state index in [2.05, 4.69) is 15.0 Å². The predicted octanol–water partition coefficient (Wildman–Crippen LogP) is 6.45. The second-order valence-corrected chi connectivity index (χ2v) is 9.61. The molecule has 0 saturated carbocycles. The van der Waals surface area contributed by atoms with Gasteiger partial charge in [-0.05, 0) is 30.0 Å². The Balaban J connectivity index is 2.25. The average Bonchev–Trinajstić information content (AvgIpc) is 2.83. The molecule has 0 atom stereocenters. The van der Waals surface area contributed by atoms with Crippen LogP contribution in [0.15, 0.2) is 35.4 Å².